The standard InChI is InChI=1S/C8H14.C6H10/c1-3-5-7-8-6-4-2;1-3-5-6-4-2/h3,5,7H,1,4,6,8H2,2H3;3,5-6H,1,4H2,2H3/b7-5+;6-5+. The first-order valence-electron chi connectivity index (χ1n) is 5.38. The van der Waals surface area contributed by atoms with Crippen molar-refractivity contribution in [1.82, 2.24) is 0 Å². The van der Waals surface area contributed by atoms with Gasteiger partial charge in [0.25, 0.3) is 0 Å². The quantitative estimate of drug-likeness (QED) is 0.408. The molecule has 0 nitrogen and oxygen atoms in total. The van der Waals surface area contributed by atoms with Gasteiger partial charge in [-0.05, 0) is 12.8 Å². The molecule has 0 radical (unpaired) electrons. The average molecular weight is 192 g/mol. The van der Waals surface area contributed by atoms with Gasteiger partial charge in [0.05, 0.1) is 0 Å². The van der Waals surface area contributed by atoms with Crippen molar-refractivity contribution in [3.8, 4) is 0 Å². The fourth-order valence-corrected chi connectivity index (χ4v) is 0.747. The Hall–Kier alpha value is -1.04. The van der Waals surface area contributed by atoms with Gasteiger partial charge in [-0.1, -0.05) is 76.3 Å². The molecule has 0 amide bonds. The molecule has 0 aromatic rings. The lowest BCUT2D eigenvalue weighted by Crippen LogP contribution is -1.64. The second-order valence-corrected chi connectivity index (χ2v) is 2.88. The Balaban J connectivity index is 0. The van der Waals surface area contributed by atoms with Gasteiger partial charge in [0.15, 0.2) is 0 Å². The number of allylic oxidation sites excluding steroid dienone is 6. The zero-order valence-electron chi connectivity index (χ0n) is 9.71. The minimum absolute atomic E-state index is 1.10. The van der Waals surface area contributed by atoms with Crippen LogP contribution in [-0.2, 0) is 0 Å². The van der Waals surface area contributed by atoms with Crippen LogP contribution in [0.15, 0.2) is 49.6 Å². The Morgan fingerprint density at radius 3 is 1.86 bits per heavy atom. The molecule has 0 bridgehead atoms. The summed E-state index contributed by atoms with van der Waals surface area (Å²) >= 11 is 0. The molecule has 0 heteroatoms. The summed E-state index contributed by atoms with van der Waals surface area (Å²) in [5.74, 6) is 0. The van der Waals surface area contributed by atoms with E-state index >= 15 is 0 Å². The average Bonchev–Trinajstić information content (AvgIpc) is 2.22. The molecule has 0 aromatic carbocycles. The first kappa shape index (κ1) is 15.4. The molecule has 0 saturated heterocycles. The van der Waals surface area contributed by atoms with Crippen LogP contribution in [0.5, 0.6) is 0 Å². The molecule has 0 saturated carbocycles. The van der Waals surface area contributed by atoms with Crippen LogP contribution in [0.2, 0.25) is 0 Å². The minimum atomic E-state index is 1.10. The Kier molecular flexibility index (Phi) is 19.7. The third kappa shape index (κ3) is 22.4. The summed E-state index contributed by atoms with van der Waals surface area (Å²) in [5.41, 5.74) is 0. The predicted molar refractivity (Wildman–Crippen MR) is 68.5 cm³/mol. The van der Waals surface area contributed by atoms with Crippen molar-refractivity contribution in [1.29, 1.82) is 0 Å². The third-order valence-corrected chi connectivity index (χ3v) is 1.50. The van der Waals surface area contributed by atoms with Crippen molar-refractivity contribution in [3.63, 3.8) is 0 Å². The molecular weight excluding hydrogens is 168 g/mol. The number of hydrogen-bond donors (Lipinski definition) is 0. The number of hydrogen-bond acceptors (Lipinski definition) is 0. The number of unbranched alkanes of at least 4 members (excludes halogenated alkanes) is 2. The fourth-order valence-electron chi connectivity index (χ4n) is 0.747. The summed E-state index contributed by atoms with van der Waals surface area (Å²) in [6, 6.07) is 0. The van der Waals surface area contributed by atoms with E-state index in [1.165, 1.54) is 19.3 Å². The maximum atomic E-state index is 3.57. The van der Waals surface area contributed by atoms with Gasteiger partial charge in [-0.3, -0.25) is 0 Å². The lowest BCUT2D eigenvalue weighted by molar-refractivity contribution is 0.815. The first-order chi connectivity index (χ1) is 6.83. The summed E-state index contributed by atoms with van der Waals surface area (Å²) in [5, 5.41) is 0. The van der Waals surface area contributed by atoms with Crippen LogP contribution >= 0.6 is 0 Å². The van der Waals surface area contributed by atoms with Crippen LogP contribution in [0, 0.1) is 0 Å². The van der Waals surface area contributed by atoms with Crippen LogP contribution in [0.1, 0.15) is 39.5 Å². The Bertz CT molecular complexity index is 161. The van der Waals surface area contributed by atoms with Gasteiger partial charge in [0, 0.05) is 0 Å². The van der Waals surface area contributed by atoms with Gasteiger partial charge < -0.3 is 0 Å². The van der Waals surface area contributed by atoms with E-state index < -0.39 is 0 Å². The maximum Gasteiger partial charge on any atom is -0.0348 e. The van der Waals surface area contributed by atoms with Gasteiger partial charge in [-0.2, -0.15) is 0 Å². The number of rotatable bonds is 6. The van der Waals surface area contributed by atoms with Gasteiger partial charge in [0.2, 0.25) is 0 Å². The van der Waals surface area contributed by atoms with E-state index in [2.05, 4.69) is 39.2 Å². The van der Waals surface area contributed by atoms with Crippen molar-refractivity contribution < 1.29 is 0 Å². The molecule has 0 aliphatic heterocycles. The molecular formula is C14H24. The van der Waals surface area contributed by atoms with Crippen molar-refractivity contribution in [2.24, 2.45) is 0 Å². The van der Waals surface area contributed by atoms with Crippen LogP contribution in [0.3, 0.4) is 0 Å². The van der Waals surface area contributed by atoms with Gasteiger partial charge in [-0.25, -0.2) is 0 Å². The van der Waals surface area contributed by atoms with Crippen LogP contribution in [0.25, 0.3) is 0 Å². The molecule has 80 valence electrons. The summed E-state index contributed by atoms with van der Waals surface area (Å²) < 4.78 is 0. The summed E-state index contributed by atoms with van der Waals surface area (Å²) in [6.45, 7) is 11.4. The van der Waals surface area contributed by atoms with E-state index in [0.717, 1.165) is 6.42 Å². The molecule has 0 aliphatic carbocycles. The second-order valence-electron chi connectivity index (χ2n) is 2.88. The molecule has 0 atom stereocenters. The predicted octanol–water partition coefficient (Wildman–Crippen LogP) is 5.06. The zero-order chi connectivity index (χ0) is 11.1. The highest BCUT2D eigenvalue weighted by Gasteiger charge is 1.73. The molecule has 0 heterocycles. The highest BCUT2D eigenvalue weighted by molar-refractivity contribution is 4.96. The maximum absolute atomic E-state index is 3.57. The van der Waals surface area contributed by atoms with Crippen molar-refractivity contribution in [3.05, 3.63) is 49.6 Å². The van der Waals surface area contributed by atoms with E-state index in [0.29, 0.717) is 0 Å². The largest absolute Gasteiger partial charge is 0.0991 e. The van der Waals surface area contributed by atoms with Crippen LogP contribution in [-0.4, -0.2) is 0 Å². The van der Waals surface area contributed by atoms with E-state index in [9.17, 15) is 0 Å². The van der Waals surface area contributed by atoms with Gasteiger partial charge >= 0.3 is 0 Å². The monoisotopic (exact) mass is 192 g/mol. The minimum Gasteiger partial charge on any atom is -0.0991 e. The molecule has 0 N–H and O–H groups in total. The van der Waals surface area contributed by atoms with Crippen molar-refractivity contribution in [2.45, 2.75) is 39.5 Å². The van der Waals surface area contributed by atoms with Gasteiger partial charge in [0.1, 0.15) is 0 Å². The van der Waals surface area contributed by atoms with E-state index in [-0.39, 0.29) is 0 Å². The second kappa shape index (κ2) is 17.9. The molecule has 14 heavy (non-hydrogen) atoms. The molecule has 0 aromatic heterocycles. The fraction of sp³-hybridized carbons (Fsp3) is 0.429. The van der Waals surface area contributed by atoms with Crippen molar-refractivity contribution >= 4 is 0 Å². The third-order valence-electron chi connectivity index (χ3n) is 1.50. The molecule has 0 aliphatic rings. The van der Waals surface area contributed by atoms with Crippen LogP contribution < -0.4 is 0 Å². The molecule has 0 spiro atoms. The lowest BCUT2D eigenvalue weighted by atomic mass is 10.2. The lowest BCUT2D eigenvalue weighted by Gasteiger charge is -1.84. The van der Waals surface area contributed by atoms with E-state index in [4.69, 9.17) is 0 Å². The van der Waals surface area contributed by atoms with Crippen molar-refractivity contribution in [2.75, 3.05) is 0 Å². The summed E-state index contributed by atoms with van der Waals surface area (Å²) in [4.78, 5) is 0. The van der Waals surface area contributed by atoms with Gasteiger partial charge in [-0.15, -0.1) is 0 Å². The Labute approximate surface area is 89.7 Å². The Morgan fingerprint density at radius 1 is 0.929 bits per heavy atom. The van der Waals surface area contributed by atoms with Crippen LogP contribution in [0.4, 0.5) is 0 Å². The normalized spacial score (nSPS) is 9.86. The Morgan fingerprint density at radius 2 is 1.50 bits per heavy atom. The molecule has 0 fully saturated rings. The van der Waals surface area contributed by atoms with E-state index in [1.54, 1.807) is 6.08 Å². The highest BCUT2D eigenvalue weighted by Crippen LogP contribution is 1.93. The SMILES string of the molecule is C=C/C=C/CC.C=C/C=C/CCCC. The summed E-state index contributed by atoms with van der Waals surface area (Å²) in [7, 11) is 0. The highest BCUT2D eigenvalue weighted by atomic mass is 13.8. The summed E-state index contributed by atoms with van der Waals surface area (Å²) in [6.07, 6.45) is 16.6. The molecule has 0 rings (SSSR count). The first-order valence-corrected chi connectivity index (χ1v) is 5.38. The zero-order valence-corrected chi connectivity index (χ0v) is 9.71. The van der Waals surface area contributed by atoms with E-state index in [1.807, 2.05) is 18.2 Å². The topological polar surface area (TPSA) is 0 Å². The molecule has 0 unspecified atom stereocenters. The smallest absolute Gasteiger partial charge is 0.0348 e.